The van der Waals surface area contributed by atoms with Crippen LogP contribution in [0.15, 0.2) is 6.07 Å². The van der Waals surface area contributed by atoms with Crippen LogP contribution in [0.5, 0.6) is 0 Å². The molecule has 17 heavy (non-hydrogen) atoms. The minimum absolute atomic E-state index is 0.0955. The second-order valence-electron chi connectivity index (χ2n) is 5.15. The molecule has 0 unspecified atom stereocenters. The van der Waals surface area contributed by atoms with Crippen LogP contribution in [-0.4, -0.2) is 16.5 Å². The first kappa shape index (κ1) is 12.2. The molecule has 0 aromatic carbocycles. The lowest BCUT2D eigenvalue weighted by Crippen LogP contribution is -2.36. The number of nitrogens with one attached hydrogen (secondary N) is 1. The second kappa shape index (κ2) is 4.94. The SMILES string of the molecule is Cc1cc(C(=O)NC2CCCCC2)c(C)n1C. The summed E-state index contributed by atoms with van der Waals surface area (Å²) >= 11 is 0. The lowest BCUT2D eigenvalue weighted by atomic mass is 9.95. The Labute approximate surface area is 103 Å². The number of carbonyl (C=O) groups is 1. The van der Waals surface area contributed by atoms with Gasteiger partial charge in [0.15, 0.2) is 0 Å². The van der Waals surface area contributed by atoms with E-state index in [0.29, 0.717) is 6.04 Å². The number of hydrogen-bond donors (Lipinski definition) is 1. The number of amides is 1. The van der Waals surface area contributed by atoms with Crippen molar-refractivity contribution in [1.82, 2.24) is 9.88 Å². The van der Waals surface area contributed by atoms with Gasteiger partial charge in [0.1, 0.15) is 0 Å². The molecular weight excluding hydrogens is 212 g/mol. The molecule has 3 nitrogen and oxygen atoms in total. The zero-order chi connectivity index (χ0) is 12.4. The Bertz CT molecular complexity index is 414. The Hall–Kier alpha value is -1.25. The third-order valence-corrected chi connectivity index (χ3v) is 3.96. The van der Waals surface area contributed by atoms with E-state index in [1.54, 1.807) is 0 Å². The lowest BCUT2D eigenvalue weighted by molar-refractivity contribution is 0.0927. The van der Waals surface area contributed by atoms with Gasteiger partial charge in [-0.3, -0.25) is 4.79 Å². The predicted octanol–water partition coefficient (Wildman–Crippen LogP) is 2.70. The van der Waals surface area contributed by atoms with E-state index in [2.05, 4.69) is 9.88 Å². The van der Waals surface area contributed by atoms with Crippen molar-refractivity contribution in [2.24, 2.45) is 7.05 Å². The van der Waals surface area contributed by atoms with E-state index >= 15 is 0 Å². The summed E-state index contributed by atoms with van der Waals surface area (Å²) in [5, 5.41) is 3.16. The molecule has 3 heteroatoms. The van der Waals surface area contributed by atoms with Gasteiger partial charge in [0.2, 0.25) is 0 Å². The van der Waals surface area contributed by atoms with Gasteiger partial charge in [-0.05, 0) is 32.8 Å². The standard InChI is InChI=1S/C14H22N2O/c1-10-9-13(11(2)16(10)3)14(17)15-12-7-5-4-6-8-12/h9,12H,4-8H2,1-3H3,(H,15,17). The van der Waals surface area contributed by atoms with Crippen molar-refractivity contribution in [1.29, 1.82) is 0 Å². The zero-order valence-corrected chi connectivity index (χ0v) is 11.0. The van der Waals surface area contributed by atoms with Gasteiger partial charge in [-0.2, -0.15) is 0 Å². The van der Waals surface area contributed by atoms with Gasteiger partial charge in [0.25, 0.3) is 5.91 Å². The summed E-state index contributed by atoms with van der Waals surface area (Å²) in [6.45, 7) is 4.03. The summed E-state index contributed by atoms with van der Waals surface area (Å²) in [7, 11) is 2.00. The summed E-state index contributed by atoms with van der Waals surface area (Å²) < 4.78 is 2.07. The highest BCUT2D eigenvalue weighted by molar-refractivity contribution is 5.95. The second-order valence-corrected chi connectivity index (χ2v) is 5.15. The maximum absolute atomic E-state index is 12.2. The Morgan fingerprint density at radius 2 is 1.94 bits per heavy atom. The van der Waals surface area contributed by atoms with E-state index in [1.807, 2.05) is 27.0 Å². The molecule has 2 rings (SSSR count). The molecule has 0 saturated heterocycles. The number of carbonyl (C=O) groups excluding carboxylic acids is 1. The highest BCUT2D eigenvalue weighted by Crippen LogP contribution is 2.19. The quantitative estimate of drug-likeness (QED) is 0.838. The van der Waals surface area contributed by atoms with Crippen LogP contribution in [0.4, 0.5) is 0 Å². The molecule has 1 aromatic heterocycles. The van der Waals surface area contributed by atoms with Gasteiger partial charge in [0.05, 0.1) is 5.56 Å². The van der Waals surface area contributed by atoms with Crippen LogP contribution in [-0.2, 0) is 7.05 Å². The molecular formula is C14H22N2O. The molecule has 0 spiro atoms. The molecule has 1 fully saturated rings. The number of rotatable bonds is 2. The highest BCUT2D eigenvalue weighted by Gasteiger charge is 2.19. The van der Waals surface area contributed by atoms with Gasteiger partial charge in [-0.1, -0.05) is 19.3 Å². The summed E-state index contributed by atoms with van der Waals surface area (Å²) in [4.78, 5) is 12.2. The lowest BCUT2D eigenvalue weighted by Gasteiger charge is -2.22. The Balaban J connectivity index is 2.06. The van der Waals surface area contributed by atoms with Crippen molar-refractivity contribution in [3.8, 4) is 0 Å². The molecule has 1 aliphatic carbocycles. The fourth-order valence-corrected chi connectivity index (χ4v) is 2.60. The minimum Gasteiger partial charge on any atom is -0.351 e. The largest absolute Gasteiger partial charge is 0.351 e. The van der Waals surface area contributed by atoms with Gasteiger partial charge in [0, 0.05) is 24.5 Å². The van der Waals surface area contributed by atoms with Crippen LogP contribution in [0.3, 0.4) is 0 Å². The van der Waals surface area contributed by atoms with E-state index < -0.39 is 0 Å². The third kappa shape index (κ3) is 2.54. The number of nitrogens with zero attached hydrogens (tertiary/aromatic N) is 1. The Morgan fingerprint density at radius 1 is 1.29 bits per heavy atom. The molecule has 1 N–H and O–H groups in total. The highest BCUT2D eigenvalue weighted by atomic mass is 16.1. The van der Waals surface area contributed by atoms with Crippen molar-refractivity contribution in [3.63, 3.8) is 0 Å². The zero-order valence-electron chi connectivity index (χ0n) is 11.0. The maximum Gasteiger partial charge on any atom is 0.253 e. The molecule has 1 aromatic rings. The average Bonchev–Trinajstić information content (AvgIpc) is 2.58. The van der Waals surface area contributed by atoms with Gasteiger partial charge in [-0.15, -0.1) is 0 Å². The first-order chi connectivity index (χ1) is 8.09. The van der Waals surface area contributed by atoms with Crippen molar-refractivity contribution >= 4 is 5.91 Å². The van der Waals surface area contributed by atoms with Crippen LogP contribution in [0, 0.1) is 13.8 Å². The summed E-state index contributed by atoms with van der Waals surface area (Å²) in [5.74, 6) is 0.0955. The maximum atomic E-state index is 12.2. The molecule has 1 saturated carbocycles. The van der Waals surface area contributed by atoms with Gasteiger partial charge in [-0.25, -0.2) is 0 Å². The van der Waals surface area contributed by atoms with E-state index in [-0.39, 0.29) is 5.91 Å². The fraction of sp³-hybridized carbons (Fsp3) is 0.643. The topological polar surface area (TPSA) is 34.0 Å². The predicted molar refractivity (Wildman–Crippen MR) is 69.2 cm³/mol. The monoisotopic (exact) mass is 234 g/mol. The van der Waals surface area contributed by atoms with Crippen molar-refractivity contribution in [2.45, 2.75) is 52.0 Å². The summed E-state index contributed by atoms with van der Waals surface area (Å²) in [5.41, 5.74) is 3.02. The fourth-order valence-electron chi connectivity index (χ4n) is 2.60. The number of aromatic nitrogens is 1. The first-order valence-electron chi connectivity index (χ1n) is 6.53. The van der Waals surface area contributed by atoms with Crippen molar-refractivity contribution in [2.75, 3.05) is 0 Å². The van der Waals surface area contributed by atoms with E-state index in [0.717, 1.165) is 29.8 Å². The molecule has 94 valence electrons. The molecule has 1 amide bonds. The van der Waals surface area contributed by atoms with Gasteiger partial charge >= 0.3 is 0 Å². The average molecular weight is 234 g/mol. The Kier molecular flexibility index (Phi) is 3.55. The number of aryl methyl sites for hydroxylation is 1. The first-order valence-corrected chi connectivity index (χ1v) is 6.53. The van der Waals surface area contributed by atoms with E-state index in [1.165, 1.54) is 19.3 Å². The molecule has 0 radical (unpaired) electrons. The van der Waals surface area contributed by atoms with Crippen LogP contribution in [0.2, 0.25) is 0 Å². The summed E-state index contributed by atoms with van der Waals surface area (Å²) in [6, 6.07) is 2.36. The molecule has 0 aliphatic heterocycles. The molecule has 1 aliphatic rings. The van der Waals surface area contributed by atoms with Crippen molar-refractivity contribution < 1.29 is 4.79 Å². The molecule has 0 atom stereocenters. The van der Waals surface area contributed by atoms with Crippen LogP contribution < -0.4 is 5.32 Å². The molecule has 0 bridgehead atoms. The van der Waals surface area contributed by atoms with Crippen LogP contribution in [0.1, 0.15) is 53.8 Å². The van der Waals surface area contributed by atoms with Crippen LogP contribution in [0.25, 0.3) is 0 Å². The molecule has 1 heterocycles. The smallest absolute Gasteiger partial charge is 0.253 e. The third-order valence-electron chi connectivity index (χ3n) is 3.96. The summed E-state index contributed by atoms with van der Waals surface area (Å²) in [6.07, 6.45) is 6.08. The number of hydrogen-bond acceptors (Lipinski definition) is 1. The normalized spacial score (nSPS) is 17.1. The minimum atomic E-state index is 0.0955. The Morgan fingerprint density at radius 3 is 2.47 bits per heavy atom. The van der Waals surface area contributed by atoms with Crippen LogP contribution >= 0.6 is 0 Å². The van der Waals surface area contributed by atoms with Crippen molar-refractivity contribution in [3.05, 3.63) is 23.0 Å². The van der Waals surface area contributed by atoms with Gasteiger partial charge < -0.3 is 9.88 Å². The van der Waals surface area contributed by atoms with E-state index in [4.69, 9.17) is 0 Å². The van der Waals surface area contributed by atoms with E-state index in [9.17, 15) is 4.79 Å².